The molecule has 0 radical (unpaired) electrons. The number of oxazole rings is 1. The van der Waals surface area contributed by atoms with Crippen molar-refractivity contribution in [1.82, 2.24) is 19.9 Å². The molecule has 0 bridgehead atoms. The Labute approximate surface area is 176 Å². The SMILES string of the molecule is O=C(O)CCCN(Cc1ccccc1)c1nc(Nc2ccc3ncoc3c2)[nH]c(=O)n1. The third kappa shape index (κ3) is 5.24. The lowest BCUT2D eigenvalue weighted by atomic mass is 10.2. The highest BCUT2D eigenvalue weighted by Gasteiger charge is 2.14. The first-order chi connectivity index (χ1) is 15.1. The summed E-state index contributed by atoms with van der Waals surface area (Å²) in [6, 6.07) is 15.0. The first kappa shape index (κ1) is 20.1. The lowest BCUT2D eigenvalue weighted by Gasteiger charge is -2.22. The van der Waals surface area contributed by atoms with Crippen LogP contribution in [0.1, 0.15) is 18.4 Å². The standard InChI is InChI=1S/C21H20N6O4/c28-18(29)7-4-10-27(12-14-5-2-1-3-6-14)20-24-19(25-21(30)26-20)23-15-8-9-16-17(11-15)31-13-22-16/h1-3,5-6,8-9,11,13H,4,7,10,12H2,(H,28,29)(H2,23,24,25,26,30). The largest absolute Gasteiger partial charge is 0.481 e. The van der Waals surface area contributed by atoms with Crippen molar-refractivity contribution in [2.75, 3.05) is 16.8 Å². The smallest absolute Gasteiger partial charge is 0.351 e. The molecule has 0 fully saturated rings. The number of carboxylic acid groups (broad SMARTS) is 1. The lowest BCUT2D eigenvalue weighted by Crippen LogP contribution is -2.29. The van der Waals surface area contributed by atoms with Gasteiger partial charge in [0, 0.05) is 31.3 Å². The monoisotopic (exact) mass is 420 g/mol. The Hall–Kier alpha value is -4.21. The second-order valence-corrected chi connectivity index (χ2v) is 6.87. The van der Waals surface area contributed by atoms with Crippen LogP contribution in [0.15, 0.2) is 64.1 Å². The molecule has 0 saturated heterocycles. The van der Waals surface area contributed by atoms with E-state index in [4.69, 9.17) is 9.52 Å². The van der Waals surface area contributed by atoms with E-state index in [2.05, 4.69) is 25.3 Å². The third-order valence-electron chi connectivity index (χ3n) is 4.55. The molecule has 3 N–H and O–H groups in total. The molecule has 4 rings (SSSR count). The van der Waals surface area contributed by atoms with E-state index in [1.807, 2.05) is 30.3 Å². The molecule has 0 saturated carbocycles. The first-order valence-electron chi connectivity index (χ1n) is 9.66. The molecule has 2 aromatic heterocycles. The van der Waals surface area contributed by atoms with Crippen LogP contribution in [-0.4, -0.2) is 37.6 Å². The van der Waals surface area contributed by atoms with Gasteiger partial charge in [0.05, 0.1) is 0 Å². The number of hydrogen-bond acceptors (Lipinski definition) is 8. The Morgan fingerprint density at radius 3 is 2.81 bits per heavy atom. The minimum atomic E-state index is -0.878. The van der Waals surface area contributed by atoms with Gasteiger partial charge < -0.3 is 19.7 Å². The molecule has 0 aliphatic rings. The summed E-state index contributed by atoms with van der Waals surface area (Å²) in [5.41, 5.74) is 2.40. The summed E-state index contributed by atoms with van der Waals surface area (Å²) in [5.74, 6) is -0.456. The molecule has 2 aromatic carbocycles. The summed E-state index contributed by atoms with van der Waals surface area (Å²) in [5, 5.41) is 12.0. The molecule has 0 aliphatic heterocycles. The number of fused-ring (bicyclic) bond motifs is 1. The van der Waals surface area contributed by atoms with Crippen LogP contribution in [0.5, 0.6) is 0 Å². The summed E-state index contributed by atoms with van der Waals surface area (Å²) in [6.07, 6.45) is 1.76. The summed E-state index contributed by atoms with van der Waals surface area (Å²) in [6.45, 7) is 0.821. The molecule has 4 aromatic rings. The van der Waals surface area contributed by atoms with Crippen molar-refractivity contribution in [1.29, 1.82) is 0 Å². The van der Waals surface area contributed by atoms with Gasteiger partial charge in [0.2, 0.25) is 11.9 Å². The highest BCUT2D eigenvalue weighted by Crippen LogP contribution is 2.21. The molecule has 31 heavy (non-hydrogen) atoms. The minimum Gasteiger partial charge on any atom is -0.481 e. The number of carboxylic acids is 1. The topological polar surface area (TPSA) is 137 Å². The van der Waals surface area contributed by atoms with Gasteiger partial charge >= 0.3 is 11.7 Å². The second-order valence-electron chi connectivity index (χ2n) is 6.87. The van der Waals surface area contributed by atoms with Gasteiger partial charge in [-0.3, -0.25) is 9.78 Å². The van der Waals surface area contributed by atoms with Gasteiger partial charge in [0.15, 0.2) is 12.0 Å². The number of anilines is 3. The highest BCUT2D eigenvalue weighted by molar-refractivity contribution is 5.77. The molecule has 158 valence electrons. The molecule has 0 atom stereocenters. The summed E-state index contributed by atoms with van der Waals surface area (Å²) in [7, 11) is 0. The maximum Gasteiger partial charge on any atom is 0.351 e. The molecule has 0 spiro atoms. The number of nitrogens with zero attached hydrogens (tertiary/aromatic N) is 4. The van der Waals surface area contributed by atoms with Crippen LogP contribution in [0, 0.1) is 0 Å². The molecule has 0 amide bonds. The molecular weight excluding hydrogens is 400 g/mol. The van der Waals surface area contributed by atoms with Crippen LogP contribution < -0.4 is 15.9 Å². The zero-order chi connectivity index (χ0) is 21.6. The zero-order valence-corrected chi connectivity index (χ0v) is 16.5. The van der Waals surface area contributed by atoms with Gasteiger partial charge in [-0.15, -0.1) is 0 Å². The van der Waals surface area contributed by atoms with Crippen molar-refractivity contribution >= 4 is 34.7 Å². The first-order valence-corrected chi connectivity index (χ1v) is 9.66. The number of nitrogens with one attached hydrogen (secondary N) is 2. The Morgan fingerprint density at radius 1 is 1.16 bits per heavy atom. The molecule has 0 aliphatic carbocycles. The van der Waals surface area contributed by atoms with E-state index >= 15 is 0 Å². The van der Waals surface area contributed by atoms with Gasteiger partial charge in [-0.2, -0.15) is 9.97 Å². The summed E-state index contributed by atoms with van der Waals surface area (Å²) in [4.78, 5) is 40.0. The van der Waals surface area contributed by atoms with Crippen LogP contribution in [0.4, 0.5) is 17.6 Å². The predicted octanol–water partition coefficient (Wildman–Crippen LogP) is 2.92. The normalized spacial score (nSPS) is 10.8. The van der Waals surface area contributed by atoms with Crippen molar-refractivity contribution in [2.24, 2.45) is 0 Å². The quantitative estimate of drug-likeness (QED) is 0.373. The van der Waals surface area contributed by atoms with Gasteiger partial charge in [0.25, 0.3) is 0 Å². The van der Waals surface area contributed by atoms with E-state index in [0.29, 0.717) is 30.8 Å². The van der Waals surface area contributed by atoms with E-state index in [0.717, 1.165) is 11.1 Å². The number of aromatic nitrogens is 4. The third-order valence-corrected chi connectivity index (χ3v) is 4.55. The fourth-order valence-electron chi connectivity index (χ4n) is 3.12. The Morgan fingerprint density at radius 2 is 2.00 bits per heavy atom. The summed E-state index contributed by atoms with van der Waals surface area (Å²) < 4.78 is 5.30. The number of rotatable bonds is 9. The maximum atomic E-state index is 12.2. The zero-order valence-electron chi connectivity index (χ0n) is 16.5. The van der Waals surface area contributed by atoms with Crippen molar-refractivity contribution in [2.45, 2.75) is 19.4 Å². The van der Waals surface area contributed by atoms with Crippen LogP contribution in [-0.2, 0) is 11.3 Å². The van der Waals surface area contributed by atoms with Gasteiger partial charge in [-0.25, -0.2) is 9.78 Å². The minimum absolute atomic E-state index is 0.0107. The Balaban J connectivity index is 1.59. The van der Waals surface area contributed by atoms with Crippen LogP contribution >= 0.6 is 0 Å². The number of carbonyl (C=O) groups is 1. The number of aliphatic carboxylic acids is 1. The average molecular weight is 420 g/mol. The second kappa shape index (κ2) is 9.08. The van der Waals surface area contributed by atoms with E-state index in [9.17, 15) is 9.59 Å². The maximum absolute atomic E-state index is 12.2. The molecule has 2 heterocycles. The van der Waals surface area contributed by atoms with Crippen molar-refractivity contribution in [3.63, 3.8) is 0 Å². The predicted molar refractivity (Wildman–Crippen MR) is 114 cm³/mol. The molecule has 0 unspecified atom stereocenters. The summed E-state index contributed by atoms with van der Waals surface area (Å²) >= 11 is 0. The Bertz CT molecular complexity index is 1240. The van der Waals surface area contributed by atoms with Crippen LogP contribution in [0.25, 0.3) is 11.1 Å². The van der Waals surface area contributed by atoms with Crippen molar-refractivity contribution in [3.05, 3.63) is 71.0 Å². The van der Waals surface area contributed by atoms with E-state index < -0.39 is 11.7 Å². The number of H-pyrrole nitrogens is 1. The number of aromatic amines is 1. The fourth-order valence-corrected chi connectivity index (χ4v) is 3.12. The molecular formula is C21H20N6O4. The Kier molecular flexibility index (Phi) is 5.88. The van der Waals surface area contributed by atoms with Gasteiger partial charge in [-0.1, -0.05) is 30.3 Å². The lowest BCUT2D eigenvalue weighted by molar-refractivity contribution is -0.137. The van der Waals surface area contributed by atoms with Crippen molar-refractivity contribution in [3.8, 4) is 0 Å². The van der Waals surface area contributed by atoms with E-state index in [-0.39, 0.29) is 18.3 Å². The highest BCUT2D eigenvalue weighted by atomic mass is 16.4. The van der Waals surface area contributed by atoms with Crippen LogP contribution in [0.3, 0.4) is 0 Å². The van der Waals surface area contributed by atoms with Crippen LogP contribution in [0.2, 0.25) is 0 Å². The van der Waals surface area contributed by atoms with Gasteiger partial charge in [0.1, 0.15) is 5.52 Å². The van der Waals surface area contributed by atoms with E-state index in [1.165, 1.54) is 6.39 Å². The van der Waals surface area contributed by atoms with E-state index in [1.54, 1.807) is 23.1 Å². The molecule has 10 nitrogen and oxygen atoms in total. The van der Waals surface area contributed by atoms with Crippen molar-refractivity contribution < 1.29 is 14.3 Å². The van der Waals surface area contributed by atoms with Gasteiger partial charge in [-0.05, 0) is 24.1 Å². The number of hydrogen-bond donors (Lipinski definition) is 3. The number of benzene rings is 2. The average Bonchev–Trinajstić information content (AvgIpc) is 3.21. The molecule has 10 heteroatoms. The fraction of sp³-hybridized carbons (Fsp3) is 0.190.